The van der Waals surface area contributed by atoms with Crippen molar-refractivity contribution in [3.05, 3.63) is 59.2 Å². The predicted octanol–water partition coefficient (Wildman–Crippen LogP) is 2.58. The third-order valence-electron chi connectivity index (χ3n) is 3.05. The molecule has 2 amide bonds. The molecule has 0 heterocycles. The van der Waals surface area contributed by atoms with Gasteiger partial charge in [0.2, 0.25) is 0 Å². The maximum Gasteiger partial charge on any atom is 0.332 e. The lowest BCUT2D eigenvalue weighted by atomic mass is 10.1. The van der Waals surface area contributed by atoms with Gasteiger partial charge < -0.3 is 15.2 Å². The molecule has 0 aromatic heterocycles. The second-order valence-electron chi connectivity index (χ2n) is 4.92. The smallest absolute Gasteiger partial charge is 0.332 e. The molecule has 120 valence electrons. The summed E-state index contributed by atoms with van der Waals surface area (Å²) in [4.78, 5) is 10.6. The van der Waals surface area contributed by atoms with E-state index in [9.17, 15) is 4.79 Å². The predicted molar refractivity (Wildman–Crippen MR) is 88.8 cm³/mol. The lowest BCUT2D eigenvalue weighted by Gasteiger charge is -2.11. The molecule has 0 radical (unpaired) electrons. The highest BCUT2D eigenvalue weighted by Gasteiger charge is 2.06. The molecular weight excluding hydrogens is 294 g/mol. The number of rotatable bonds is 6. The minimum absolute atomic E-state index is 0.429. The highest BCUT2D eigenvalue weighted by Crippen LogP contribution is 2.28. The summed E-state index contributed by atoms with van der Waals surface area (Å²) in [7, 11) is 1.58. The van der Waals surface area contributed by atoms with E-state index in [0.29, 0.717) is 18.1 Å². The first-order chi connectivity index (χ1) is 11.1. The van der Waals surface area contributed by atoms with Crippen LogP contribution in [0.5, 0.6) is 11.5 Å². The molecule has 3 N–H and O–H groups in total. The largest absolute Gasteiger partial charge is 0.493 e. The molecule has 0 spiro atoms. The Morgan fingerprint density at radius 3 is 2.78 bits per heavy atom. The Morgan fingerprint density at radius 2 is 2.09 bits per heavy atom. The number of ether oxygens (including phenoxy) is 2. The number of methoxy groups -OCH3 is 1. The van der Waals surface area contributed by atoms with Gasteiger partial charge in [-0.25, -0.2) is 10.2 Å². The average molecular weight is 313 g/mol. The fourth-order valence-corrected chi connectivity index (χ4v) is 2.02. The van der Waals surface area contributed by atoms with E-state index in [-0.39, 0.29) is 0 Å². The summed E-state index contributed by atoms with van der Waals surface area (Å²) >= 11 is 0. The zero-order chi connectivity index (χ0) is 16.7. The molecule has 0 unspecified atom stereocenters. The SMILES string of the molecule is COc1ccc(C=NNC(N)=O)cc1OCc1cccc(C)c1. The van der Waals surface area contributed by atoms with E-state index < -0.39 is 6.03 Å². The molecule has 0 saturated heterocycles. The Labute approximate surface area is 134 Å². The number of carbonyl (C=O) groups is 1. The van der Waals surface area contributed by atoms with E-state index >= 15 is 0 Å². The van der Waals surface area contributed by atoms with Gasteiger partial charge in [-0.05, 0) is 36.2 Å². The summed E-state index contributed by atoms with van der Waals surface area (Å²) < 4.78 is 11.1. The van der Waals surface area contributed by atoms with E-state index in [4.69, 9.17) is 15.2 Å². The van der Waals surface area contributed by atoms with Crippen LogP contribution < -0.4 is 20.6 Å². The second kappa shape index (κ2) is 7.84. The van der Waals surface area contributed by atoms with Crippen molar-refractivity contribution < 1.29 is 14.3 Å². The highest BCUT2D eigenvalue weighted by molar-refractivity contribution is 5.82. The Balaban J connectivity index is 2.12. The van der Waals surface area contributed by atoms with Gasteiger partial charge in [-0.1, -0.05) is 29.8 Å². The van der Waals surface area contributed by atoms with E-state index in [1.165, 1.54) is 11.8 Å². The molecule has 0 aliphatic heterocycles. The summed E-state index contributed by atoms with van der Waals surface area (Å²) in [6.07, 6.45) is 1.48. The van der Waals surface area contributed by atoms with Crippen LogP contribution in [0.2, 0.25) is 0 Å². The van der Waals surface area contributed by atoms with E-state index in [1.54, 1.807) is 25.3 Å². The summed E-state index contributed by atoms with van der Waals surface area (Å²) in [5, 5.41) is 3.72. The molecule has 0 saturated carbocycles. The monoisotopic (exact) mass is 313 g/mol. The molecule has 23 heavy (non-hydrogen) atoms. The molecule has 0 atom stereocenters. The summed E-state index contributed by atoms with van der Waals surface area (Å²) in [6, 6.07) is 12.7. The number of hydrazone groups is 1. The number of carbonyl (C=O) groups excluding carboxylic acids is 1. The zero-order valence-electron chi connectivity index (χ0n) is 13.1. The number of amides is 2. The molecule has 2 aromatic carbocycles. The quantitative estimate of drug-likeness (QED) is 0.635. The first-order valence-corrected chi connectivity index (χ1v) is 7.03. The van der Waals surface area contributed by atoms with Crippen LogP contribution in [0.15, 0.2) is 47.6 Å². The number of nitrogens with one attached hydrogen (secondary N) is 1. The lowest BCUT2D eigenvalue weighted by molar-refractivity contribution is 0.249. The Hall–Kier alpha value is -3.02. The number of aryl methyl sites for hydroxylation is 1. The fraction of sp³-hybridized carbons (Fsp3) is 0.176. The fourth-order valence-electron chi connectivity index (χ4n) is 2.02. The van der Waals surface area contributed by atoms with Crippen LogP contribution in [0.3, 0.4) is 0 Å². The second-order valence-corrected chi connectivity index (χ2v) is 4.92. The first-order valence-electron chi connectivity index (χ1n) is 7.03. The van der Waals surface area contributed by atoms with Gasteiger partial charge in [-0.3, -0.25) is 0 Å². The topological polar surface area (TPSA) is 85.9 Å². The molecule has 2 aromatic rings. The normalized spacial score (nSPS) is 10.5. The number of nitrogens with zero attached hydrogens (tertiary/aromatic N) is 1. The van der Waals surface area contributed by atoms with Crippen LogP contribution in [-0.4, -0.2) is 19.4 Å². The van der Waals surface area contributed by atoms with Crippen molar-refractivity contribution in [1.29, 1.82) is 0 Å². The van der Waals surface area contributed by atoms with Gasteiger partial charge in [0, 0.05) is 0 Å². The minimum atomic E-state index is -0.717. The van der Waals surface area contributed by atoms with Crippen molar-refractivity contribution in [2.45, 2.75) is 13.5 Å². The molecule has 0 aliphatic rings. The lowest BCUT2D eigenvalue weighted by Crippen LogP contribution is -2.24. The number of primary amides is 1. The molecule has 6 heteroatoms. The van der Waals surface area contributed by atoms with Gasteiger partial charge >= 0.3 is 6.03 Å². The number of hydrogen-bond donors (Lipinski definition) is 2. The standard InChI is InChI=1S/C17H19N3O3/c1-12-4-3-5-14(8-12)11-23-16-9-13(6-7-15(16)22-2)10-19-20-17(18)21/h3-10H,11H2,1-2H3,(H3,18,20,21). The van der Waals surface area contributed by atoms with Crippen molar-refractivity contribution in [2.75, 3.05) is 7.11 Å². The summed E-state index contributed by atoms with van der Waals surface area (Å²) in [5.41, 5.74) is 10.1. The minimum Gasteiger partial charge on any atom is -0.493 e. The molecule has 0 fully saturated rings. The summed E-state index contributed by atoms with van der Waals surface area (Å²) in [6.45, 7) is 2.46. The van der Waals surface area contributed by atoms with Crippen molar-refractivity contribution in [3.8, 4) is 11.5 Å². The van der Waals surface area contributed by atoms with Crippen LogP contribution in [-0.2, 0) is 6.61 Å². The van der Waals surface area contributed by atoms with Gasteiger partial charge in [0.1, 0.15) is 6.61 Å². The van der Waals surface area contributed by atoms with E-state index in [0.717, 1.165) is 11.1 Å². The third kappa shape index (κ3) is 5.03. The number of hydrogen-bond acceptors (Lipinski definition) is 4. The Morgan fingerprint density at radius 1 is 1.26 bits per heavy atom. The van der Waals surface area contributed by atoms with Crippen LogP contribution in [0.25, 0.3) is 0 Å². The zero-order valence-corrected chi connectivity index (χ0v) is 13.1. The summed E-state index contributed by atoms with van der Waals surface area (Å²) in [5.74, 6) is 1.22. The van der Waals surface area contributed by atoms with E-state index in [1.807, 2.05) is 25.1 Å². The maximum atomic E-state index is 10.6. The van der Waals surface area contributed by atoms with Crippen molar-refractivity contribution in [3.63, 3.8) is 0 Å². The third-order valence-corrected chi connectivity index (χ3v) is 3.05. The van der Waals surface area contributed by atoms with Gasteiger partial charge in [-0.15, -0.1) is 0 Å². The maximum absolute atomic E-state index is 10.6. The molecule has 6 nitrogen and oxygen atoms in total. The van der Waals surface area contributed by atoms with Gasteiger partial charge in [0.25, 0.3) is 0 Å². The highest BCUT2D eigenvalue weighted by atomic mass is 16.5. The molecule has 0 bridgehead atoms. The first kappa shape index (κ1) is 16.4. The van der Waals surface area contributed by atoms with Gasteiger partial charge in [0.15, 0.2) is 11.5 Å². The number of urea groups is 1. The molecular formula is C17H19N3O3. The Kier molecular flexibility index (Phi) is 5.57. The van der Waals surface area contributed by atoms with Crippen molar-refractivity contribution >= 4 is 12.2 Å². The average Bonchev–Trinajstić information content (AvgIpc) is 2.53. The van der Waals surface area contributed by atoms with E-state index in [2.05, 4.69) is 16.6 Å². The van der Waals surface area contributed by atoms with Crippen molar-refractivity contribution in [1.82, 2.24) is 5.43 Å². The Bertz CT molecular complexity index is 714. The van der Waals surface area contributed by atoms with Gasteiger partial charge in [-0.2, -0.15) is 5.10 Å². The van der Waals surface area contributed by atoms with Crippen LogP contribution >= 0.6 is 0 Å². The molecule has 0 aliphatic carbocycles. The number of benzene rings is 2. The van der Waals surface area contributed by atoms with Crippen LogP contribution in [0.4, 0.5) is 4.79 Å². The van der Waals surface area contributed by atoms with Crippen LogP contribution in [0.1, 0.15) is 16.7 Å². The van der Waals surface area contributed by atoms with Crippen molar-refractivity contribution in [2.24, 2.45) is 10.8 Å². The number of nitrogens with two attached hydrogens (primary N) is 1. The van der Waals surface area contributed by atoms with Crippen LogP contribution in [0, 0.1) is 6.92 Å². The van der Waals surface area contributed by atoms with Gasteiger partial charge in [0.05, 0.1) is 13.3 Å². The molecule has 2 rings (SSSR count).